The highest BCUT2D eigenvalue weighted by Gasteiger charge is 2.18. The van der Waals surface area contributed by atoms with Crippen LogP contribution in [0.4, 0.5) is 0 Å². The summed E-state index contributed by atoms with van der Waals surface area (Å²) in [7, 11) is 0. The van der Waals surface area contributed by atoms with Crippen molar-refractivity contribution in [1.29, 1.82) is 0 Å². The molecule has 13 heavy (non-hydrogen) atoms. The van der Waals surface area contributed by atoms with Gasteiger partial charge in [-0.2, -0.15) is 0 Å². The van der Waals surface area contributed by atoms with Gasteiger partial charge in [0.1, 0.15) is 0 Å². The lowest BCUT2D eigenvalue weighted by atomic mass is 10.2. The van der Waals surface area contributed by atoms with Gasteiger partial charge in [0, 0.05) is 38.1 Å². The highest BCUT2D eigenvalue weighted by molar-refractivity contribution is 5.09. The molecule has 0 aromatic carbocycles. The van der Waals surface area contributed by atoms with Crippen LogP contribution in [0.3, 0.4) is 0 Å². The molecule has 2 heterocycles. The first-order valence-electron chi connectivity index (χ1n) is 4.71. The van der Waals surface area contributed by atoms with E-state index in [9.17, 15) is 0 Å². The van der Waals surface area contributed by atoms with Crippen molar-refractivity contribution in [2.24, 2.45) is 5.73 Å². The fraction of sp³-hybridized carbons (Fsp3) is 0.500. The minimum absolute atomic E-state index is 0.377. The van der Waals surface area contributed by atoms with Gasteiger partial charge in [0.15, 0.2) is 0 Å². The molecule has 2 rings (SSSR count). The zero-order chi connectivity index (χ0) is 9.10. The standard InChI is InChI=1S/C10H15N3/c11-10-3-6-13(8-10)7-9-1-4-12-5-2-9/h1-2,4-5,10H,3,6-8,11H2. The summed E-state index contributed by atoms with van der Waals surface area (Å²) in [5.74, 6) is 0. The monoisotopic (exact) mass is 177 g/mol. The molecule has 1 aliphatic heterocycles. The van der Waals surface area contributed by atoms with Crippen LogP contribution in [0.1, 0.15) is 12.0 Å². The first kappa shape index (κ1) is 8.66. The van der Waals surface area contributed by atoms with Crippen molar-refractivity contribution in [2.45, 2.75) is 19.0 Å². The number of rotatable bonds is 2. The fourth-order valence-electron chi connectivity index (χ4n) is 1.75. The van der Waals surface area contributed by atoms with Gasteiger partial charge in [-0.3, -0.25) is 9.88 Å². The summed E-state index contributed by atoms with van der Waals surface area (Å²) in [6.07, 6.45) is 4.81. The predicted octanol–water partition coefficient (Wildman–Crippen LogP) is 0.615. The van der Waals surface area contributed by atoms with Gasteiger partial charge in [0.2, 0.25) is 0 Å². The van der Waals surface area contributed by atoms with Crippen LogP contribution in [0.2, 0.25) is 0 Å². The molecule has 1 saturated heterocycles. The molecule has 0 bridgehead atoms. The van der Waals surface area contributed by atoms with Gasteiger partial charge in [0.05, 0.1) is 0 Å². The number of aromatic nitrogens is 1. The van der Waals surface area contributed by atoms with E-state index < -0.39 is 0 Å². The molecule has 70 valence electrons. The van der Waals surface area contributed by atoms with E-state index in [4.69, 9.17) is 5.73 Å². The van der Waals surface area contributed by atoms with Crippen LogP contribution in [0.25, 0.3) is 0 Å². The Labute approximate surface area is 78.6 Å². The van der Waals surface area contributed by atoms with Crippen LogP contribution in [-0.2, 0) is 6.54 Å². The average molecular weight is 177 g/mol. The van der Waals surface area contributed by atoms with Crippen molar-refractivity contribution < 1.29 is 0 Å². The van der Waals surface area contributed by atoms with Crippen LogP contribution in [-0.4, -0.2) is 29.0 Å². The van der Waals surface area contributed by atoms with E-state index in [2.05, 4.69) is 22.0 Å². The van der Waals surface area contributed by atoms with Crippen molar-refractivity contribution in [3.05, 3.63) is 30.1 Å². The average Bonchev–Trinajstić information content (AvgIpc) is 2.53. The van der Waals surface area contributed by atoms with Crippen LogP contribution in [0.5, 0.6) is 0 Å². The third kappa shape index (κ3) is 2.26. The maximum atomic E-state index is 5.82. The Bertz CT molecular complexity index is 260. The first-order valence-corrected chi connectivity index (χ1v) is 4.71. The molecule has 0 aliphatic carbocycles. The lowest BCUT2D eigenvalue weighted by Crippen LogP contribution is -2.26. The summed E-state index contributed by atoms with van der Waals surface area (Å²) < 4.78 is 0. The molecule has 2 N–H and O–H groups in total. The van der Waals surface area contributed by atoms with Crippen LogP contribution in [0.15, 0.2) is 24.5 Å². The summed E-state index contributed by atoms with van der Waals surface area (Å²) in [6, 6.07) is 4.50. The number of likely N-dealkylation sites (tertiary alicyclic amines) is 1. The summed E-state index contributed by atoms with van der Waals surface area (Å²) in [4.78, 5) is 6.38. The lowest BCUT2D eigenvalue weighted by molar-refractivity contribution is 0.327. The van der Waals surface area contributed by atoms with Crippen molar-refractivity contribution >= 4 is 0 Å². The molecule has 0 radical (unpaired) electrons. The van der Waals surface area contributed by atoms with Gasteiger partial charge >= 0.3 is 0 Å². The number of hydrogen-bond acceptors (Lipinski definition) is 3. The van der Waals surface area contributed by atoms with Crippen LogP contribution < -0.4 is 5.73 Å². The van der Waals surface area contributed by atoms with E-state index in [0.29, 0.717) is 6.04 Å². The van der Waals surface area contributed by atoms with Gasteiger partial charge in [-0.25, -0.2) is 0 Å². The first-order chi connectivity index (χ1) is 6.34. The molecule has 3 nitrogen and oxygen atoms in total. The summed E-state index contributed by atoms with van der Waals surface area (Å²) >= 11 is 0. The predicted molar refractivity (Wildman–Crippen MR) is 52.1 cm³/mol. The topological polar surface area (TPSA) is 42.1 Å². The quantitative estimate of drug-likeness (QED) is 0.720. The normalized spacial score (nSPS) is 23.6. The van der Waals surface area contributed by atoms with Crippen molar-refractivity contribution in [3.8, 4) is 0 Å². The number of hydrogen-bond donors (Lipinski definition) is 1. The van der Waals surface area contributed by atoms with Crippen LogP contribution in [0, 0.1) is 0 Å². The summed E-state index contributed by atoms with van der Waals surface area (Å²) in [6.45, 7) is 3.17. The van der Waals surface area contributed by atoms with Crippen molar-refractivity contribution in [3.63, 3.8) is 0 Å². The van der Waals surface area contributed by atoms with Gasteiger partial charge in [-0.15, -0.1) is 0 Å². The van der Waals surface area contributed by atoms with Gasteiger partial charge in [-0.1, -0.05) is 0 Å². The Morgan fingerprint density at radius 2 is 2.23 bits per heavy atom. The molecule has 3 heteroatoms. The van der Waals surface area contributed by atoms with Gasteiger partial charge in [-0.05, 0) is 24.1 Å². The van der Waals surface area contributed by atoms with E-state index >= 15 is 0 Å². The molecule has 0 spiro atoms. The SMILES string of the molecule is NC1CCN(Cc2ccncc2)C1. The van der Waals surface area contributed by atoms with E-state index in [1.165, 1.54) is 5.56 Å². The Kier molecular flexibility index (Phi) is 2.57. The molecule has 0 amide bonds. The van der Waals surface area contributed by atoms with Gasteiger partial charge < -0.3 is 5.73 Å². The van der Waals surface area contributed by atoms with Crippen molar-refractivity contribution in [1.82, 2.24) is 9.88 Å². The Morgan fingerprint density at radius 1 is 1.46 bits per heavy atom. The molecule has 1 fully saturated rings. The van der Waals surface area contributed by atoms with E-state index in [1.54, 1.807) is 0 Å². The highest BCUT2D eigenvalue weighted by atomic mass is 15.2. The third-order valence-corrected chi connectivity index (χ3v) is 2.46. The minimum Gasteiger partial charge on any atom is -0.326 e. The minimum atomic E-state index is 0.377. The zero-order valence-corrected chi connectivity index (χ0v) is 7.69. The highest BCUT2D eigenvalue weighted by Crippen LogP contribution is 2.10. The Morgan fingerprint density at radius 3 is 2.85 bits per heavy atom. The number of nitrogens with two attached hydrogens (primary N) is 1. The molecule has 1 unspecified atom stereocenters. The molecule has 1 aromatic heterocycles. The van der Waals surface area contributed by atoms with Gasteiger partial charge in [0.25, 0.3) is 0 Å². The third-order valence-electron chi connectivity index (χ3n) is 2.46. The molecule has 1 aliphatic rings. The molecule has 1 aromatic rings. The summed E-state index contributed by atoms with van der Waals surface area (Å²) in [5.41, 5.74) is 7.15. The molecular formula is C10H15N3. The second-order valence-corrected chi connectivity index (χ2v) is 3.64. The van der Waals surface area contributed by atoms with E-state index in [1.807, 2.05) is 12.4 Å². The molecule has 1 atom stereocenters. The molecule has 0 saturated carbocycles. The largest absolute Gasteiger partial charge is 0.326 e. The van der Waals surface area contributed by atoms with E-state index in [-0.39, 0.29) is 0 Å². The maximum Gasteiger partial charge on any atom is 0.0271 e. The lowest BCUT2D eigenvalue weighted by Gasteiger charge is -2.14. The zero-order valence-electron chi connectivity index (χ0n) is 7.69. The maximum absolute atomic E-state index is 5.82. The number of nitrogens with zero attached hydrogens (tertiary/aromatic N) is 2. The second kappa shape index (κ2) is 3.85. The molecular weight excluding hydrogens is 162 g/mol. The van der Waals surface area contributed by atoms with Crippen LogP contribution >= 0.6 is 0 Å². The second-order valence-electron chi connectivity index (χ2n) is 3.64. The fourth-order valence-corrected chi connectivity index (χ4v) is 1.75. The van der Waals surface area contributed by atoms with E-state index in [0.717, 1.165) is 26.1 Å². The van der Waals surface area contributed by atoms with Crippen molar-refractivity contribution in [2.75, 3.05) is 13.1 Å². The Hall–Kier alpha value is -0.930. The Balaban J connectivity index is 1.92. The summed E-state index contributed by atoms with van der Waals surface area (Å²) in [5, 5.41) is 0. The number of pyridine rings is 1. The smallest absolute Gasteiger partial charge is 0.0271 e.